The van der Waals surface area contributed by atoms with Crippen molar-refractivity contribution < 1.29 is 24.2 Å². The third-order valence-electron chi connectivity index (χ3n) is 3.87. The molecule has 1 heterocycles. The number of aromatic nitrogens is 1. The van der Waals surface area contributed by atoms with Gasteiger partial charge in [0.2, 0.25) is 0 Å². The van der Waals surface area contributed by atoms with Crippen molar-refractivity contribution in [1.29, 1.82) is 0 Å². The topological polar surface area (TPSA) is 89.0 Å². The molecular weight excluding hydrogens is 336 g/mol. The number of amides is 1. The molecule has 2 aromatic rings. The van der Waals surface area contributed by atoms with Gasteiger partial charge < -0.3 is 19.5 Å². The number of aliphatic carboxylic acids is 1. The number of pyridine rings is 1. The number of hydrogen-bond acceptors (Lipinski definition) is 5. The first-order valence-corrected chi connectivity index (χ1v) is 8.22. The smallest absolute Gasteiger partial charge is 0.326 e. The molecule has 0 saturated carbocycles. The van der Waals surface area contributed by atoms with Gasteiger partial charge in [-0.2, -0.15) is 0 Å². The first-order valence-electron chi connectivity index (χ1n) is 8.22. The maximum absolute atomic E-state index is 12.5. The SMILES string of the molecule is CCOc1cc(C(=O)N(C)C(C)C(=O)O)ccc1OCc1cccnc1. The van der Waals surface area contributed by atoms with Crippen LogP contribution >= 0.6 is 0 Å². The van der Waals surface area contributed by atoms with Gasteiger partial charge in [0.05, 0.1) is 6.61 Å². The molecule has 26 heavy (non-hydrogen) atoms. The van der Waals surface area contributed by atoms with Crippen LogP contribution in [0.4, 0.5) is 0 Å². The Hall–Kier alpha value is -3.09. The van der Waals surface area contributed by atoms with Crippen LogP contribution in [-0.2, 0) is 11.4 Å². The van der Waals surface area contributed by atoms with Crippen LogP contribution in [0.3, 0.4) is 0 Å². The van der Waals surface area contributed by atoms with Gasteiger partial charge in [-0.1, -0.05) is 6.07 Å². The van der Waals surface area contributed by atoms with Crippen LogP contribution in [0.25, 0.3) is 0 Å². The first-order chi connectivity index (χ1) is 12.4. The number of benzene rings is 1. The van der Waals surface area contributed by atoms with Crippen LogP contribution in [-0.4, -0.2) is 46.6 Å². The Labute approximate surface area is 152 Å². The van der Waals surface area contributed by atoms with Crippen LogP contribution in [0.2, 0.25) is 0 Å². The molecule has 0 saturated heterocycles. The Balaban J connectivity index is 2.19. The predicted molar refractivity (Wildman–Crippen MR) is 95.4 cm³/mol. The van der Waals surface area contributed by atoms with E-state index < -0.39 is 17.9 Å². The van der Waals surface area contributed by atoms with E-state index in [-0.39, 0.29) is 0 Å². The molecule has 0 aliphatic rings. The van der Waals surface area contributed by atoms with Crippen molar-refractivity contribution in [2.24, 2.45) is 0 Å². The molecule has 7 nitrogen and oxygen atoms in total. The van der Waals surface area contributed by atoms with Gasteiger partial charge in [0.1, 0.15) is 12.6 Å². The Morgan fingerprint density at radius 1 is 1.23 bits per heavy atom. The third-order valence-corrected chi connectivity index (χ3v) is 3.87. The van der Waals surface area contributed by atoms with E-state index in [1.807, 2.05) is 19.1 Å². The van der Waals surface area contributed by atoms with E-state index >= 15 is 0 Å². The van der Waals surface area contributed by atoms with E-state index in [0.29, 0.717) is 30.3 Å². The lowest BCUT2D eigenvalue weighted by atomic mass is 10.1. The van der Waals surface area contributed by atoms with E-state index in [2.05, 4.69) is 4.98 Å². The zero-order valence-corrected chi connectivity index (χ0v) is 15.0. The molecule has 1 aromatic carbocycles. The van der Waals surface area contributed by atoms with E-state index in [0.717, 1.165) is 5.56 Å². The van der Waals surface area contributed by atoms with Crippen molar-refractivity contribution in [2.45, 2.75) is 26.5 Å². The van der Waals surface area contributed by atoms with Gasteiger partial charge in [0, 0.05) is 30.6 Å². The fraction of sp³-hybridized carbons (Fsp3) is 0.316. The Bertz CT molecular complexity index is 764. The Morgan fingerprint density at radius 3 is 2.62 bits per heavy atom. The summed E-state index contributed by atoms with van der Waals surface area (Å²) in [5, 5.41) is 9.07. The number of rotatable bonds is 8. The zero-order valence-electron chi connectivity index (χ0n) is 15.0. The standard InChI is InChI=1S/C19H22N2O5/c1-4-25-17-10-15(18(22)21(3)13(2)19(23)24)7-8-16(17)26-12-14-6-5-9-20-11-14/h5-11,13H,4,12H2,1-3H3,(H,23,24). The van der Waals surface area contributed by atoms with Crippen molar-refractivity contribution in [3.63, 3.8) is 0 Å². The summed E-state index contributed by atoms with van der Waals surface area (Å²) in [7, 11) is 1.45. The number of carboxylic acid groups (broad SMARTS) is 1. The normalized spacial score (nSPS) is 11.5. The zero-order chi connectivity index (χ0) is 19.1. The second-order valence-electron chi connectivity index (χ2n) is 5.67. The minimum Gasteiger partial charge on any atom is -0.490 e. The minimum atomic E-state index is -1.07. The molecule has 0 radical (unpaired) electrons. The van der Waals surface area contributed by atoms with Gasteiger partial charge in [-0.05, 0) is 38.1 Å². The molecule has 1 N–H and O–H groups in total. The molecule has 1 unspecified atom stereocenters. The summed E-state index contributed by atoms with van der Waals surface area (Å²) in [6, 6.07) is 7.59. The molecule has 0 bridgehead atoms. The number of likely N-dealkylation sites (N-methyl/N-ethyl adjacent to an activating group) is 1. The number of carboxylic acids is 1. The number of carbonyl (C=O) groups excluding carboxylic acids is 1. The van der Waals surface area contributed by atoms with E-state index in [4.69, 9.17) is 14.6 Å². The second-order valence-corrected chi connectivity index (χ2v) is 5.67. The van der Waals surface area contributed by atoms with E-state index in [9.17, 15) is 9.59 Å². The fourth-order valence-electron chi connectivity index (χ4n) is 2.22. The lowest BCUT2D eigenvalue weighted by Gasteiger charge is -2.22. The summed E-state index contributed by atoms with van der Waals surface area (Å²) in [5.74, 6) is -0.540. The number of ether oxygens (including phenoxy) is 2. The molecule has 7 heteroatoms. The maximum atomic E-state index is 12.5. The van der Waals surface area contributed by atoms with Crippen LogP contribution < -0.4 is 9.47 Å². The molecule has 0 aliphatic carbocycles. The van der Waals surface area contributed by atoms with E-state index in [1.54, 1.807) is 30.6 Å². The van der Waals surface area contributed by atoms with Gasteiger partial charge in [-0.25, -0.2) is 4.79 Å². The van der Waals surface area contributed by atoms with Gasteiger partial charge in [-0.3, -0.25) is 9.78 Å². The van der Waals surface area contributed by atoms with E-state index in [1.165, 1.54) is 18.9 Å². The van der Waals surface area contributed by atoms with Crippen LogP contribution in [0.5, 0.6) is 11.5 Å². The van der Waals surface area contributed by atoms with Crippen molar-refractivity contribution in [1.82, 2.24) is 9.88 Å². The molecule has 2 rings (SSSR count). The molecule has 0 aliphatic heterocycles. The van der Waals surface area contributed by atoms with Crippen molar-refractivity contribution >= 4 is 11.9 Å². The lowest BCUT2D eigenvalue weighted by Crippen LogP contribution is -2.40. The predicted octanol–water partition coefficient (Wildman–Crippen LogP) is 2.60. The molecule has 138 valence electrons. The molecule has 1 aromatic heterocycles. The second kappa shape index (κ2) is 8.84. The monoisotopic (exact) mass is 358 g/mol. The largest absolute Gasteiger partial charge is 0.490 e. The van der Waals surface area contributed by atoms with Gasteiger partial charge in [-0.15, -0.1) is 0 Å². The van der Waals surface area contributed by atoms with Gasteiger partial charge in [0.25, 0.3) is 5.91 Å². The highest BCUT2D eigenvalue weighted by atomic mass is 16.5. The summed E-state index contributed by atoms with van der Waals surface area (Å²) in [6.45, 7) is 4.01. The summed E-state index contributed by atoms with van der Waals surface area (Å²) >= 11 is 0. The molecule has 1 amide bonds. The summed E-state index contributed by atoms with van der Waals surface area (Å²) < 4.78 is 11.3. The van der Waals surface area contributed by atoms with Crippen molar-refractivity contribution in [3.8, 4) is 11.5 Å². The number of hydrogen-bond donors (Lipinski definition) is 1. The summed E-state index contributed by atoms with van der Waals surface area (Å²) in [5.41, 5.74) is 1.24. The molecule has 1 atom stereocenters. The Kier molecular flexibility index (Phi) is 6.54. The maximum Gasteiger partial charge on any atom is 0.326 e. The van der Waals surface area contributed by atoms with Crippen LogP contribution in [0, 0.1) is 0 Å². The highest BCUT2D eigenvalue weighted by molar-refractivity contribution is 5.97. The molecule has 0 fully saturated rings. The van der Waals surface area contributed by atoms with Gasteiger partial charge in [0.15, 0.2) is 11.5 Å². The fourth-order valence-corrected chi connectivity index (χ4v) is 2.22. The van der Waals surface area contributed by atoms with Gasteiger partial charge >= 0.3 is 5.97 Å². The number of nitrogens with zero attached hydrogens (tertiary/aromatic N) is 2. The average Bonchev–Trinajstić information content (AvgIpc) is 2.66. The highest BCUT2D eigenvalue weighted by Gasteiger charge is 2.23. The lowest BCUT2D eigenvalue weighted by molar-refractivity contribution is -0.141. The molecular formula is C19H22N2O5. The highest BCUT2D eigenvalue weighted by Crippen LogP contribution is 2.30. The van der Waals surface area contributed by atoms with Crippen molar-refractivity contribution in [2.75, 3.05) is 13.7 Å². The summed E-state index contributed by atoms with van der Waals surface area (Å²) in [4.78, 5) is 28.8. The minimum absolute atomic E-state index is 0.317. The molecule has 0 spiro atoms. The quantitative estimate of drug-likeness (QED) is 0.780. The summed E-state index contributed by atoms with van der Waals surface area (Å²) in [6.07, 6.45) is 3.39. The van der Waals surface area contributed by atoms with Crippen molar-refractivity contribution in [3.05, 3.63) is 53.9 Å². The average molecular weight is 358 g/mol. The number of carbonyl (C=O) groups is 2. The third kappa shape index (κ3) is 4.72. The first kappa shape index (κ1) is 19.2. The Morgan fingerprint density at radius 2 is 2.00 bits per heavy atom. The van der Waals surface area contributed by atoms with Crippen LogP contribution in [0.15, 0.2) is 42.7 Å². The van der Waals surface area contributed by atoms with Crippen LogP contribution in [0.1, 0.15) is 29.8 Å².